The molecule has 0 aliphatic rings. The molecule has 0 saturated heterocycles. The average Bonchev–Trinajstić information content (AvgIpc) is 2.91. The van der Waals surface area contributed by atoms with E-state index in [1.807, 2.05) is 18.4 Å². The van der Waals surface area contributed by atoms with Gasteiger partial charge < -0.3 is 9.55 Å². The molecule has 19 heavy (non-hydrogen) atoms. The Morgan fingerprint density at radius 1 is 1.32 bits per heavy atom. The van der Waals surface area contributed by atoms with Gasteiger partial charge >= 0.3 is 0 Å². The second kappa shape index (κ2) is 4.54. The molecule has 6 heteroatoms. The number of thiophene rings is 1. The van der Waals surface area contributed by atoms with E-state index < -0.39 is 11.6 Å². The maximum atomic E-state index is 13.9. The molecule has 0 unspecified atom stereocenters. The molecule has 0 atom stereocenters. The number of rotatable bonds is 2. The van der Waals surface area contributed by atoms with Gasteiger partial charge in [0.25, 0.3) is 0 Å². The van der Waals surface area contributed by atoms with Crippen molar-refractivity contribution in [2.75, 3.05) is 0 Å². The highest BCUT2D eigenvalue weighted by Crippen LogP contribution is 2.24. The topological polar surface area (TPSA) is 20.7 Å². The molecule has 0 aliphatic heterocycles. The summed E-state index contributed by atoms with van der Waals surface area (Å²) in [7, 11) is 0. The van der Waals surface area contributed by atoms with Gasteiger partial charge in [-0.15, -0.1) is 11.3 Å². The molecule has 0 amide bonds. The molecule has 98 valence electrons. The van der Waals surface area contributed by atoms with Crippen molar-refractivity contribution in [3.8, 4) is 0 Å². The molecule has 2 nitrogen and oxygen atoms in total. The lowest BCUT2D eigenvalue weighted by Crippen LogP contribution is -2.01. The van der Waals surface area contributed by atoms with E-state index in [4.69, 9.17) is 12.2 Å². The summed E-state index contributed by atoms with van der Waals surface area (Å²) >= 11 is 6.77. The van der Waals surface area contributed by atoms with Crippen LogP contribution < -0.4 is 0 Å². The van der Waals surface area contributed by atoms with E-state index in [2.05, 4.69) is 4.98 Å². The minimum Gasteiger partial charge on any atom is -0.330 e. The largest absolute Gasteiger partial charge is 0.330 e. The highest BCUT2D eigenvalue weighted by Gasteiger charge is 2.14. The van der Waals surface area contributed by atoms with E-state index in [-0.39, 0.29) is 5.52 Å². The molecule has 1 aromatic carbocycles. The molecule has 0 radical (unpaired) electrons. The van der Waals surface area contributed by atoms with Gasteiger partial charge in [0, 0.05) is 4.88 Å². The van der Waals surface area contributed by atoms with Crippen LogP contribution in [0.25, 0.3) is 11.0 Å². The summed E-state index contributed by atoms with van der Waals surface area (Å²) in [6.45, 7) is 2.43. The molecule has 0 fully saturated rings. The number of imidazole rings is 1. The first kappa shape index (κ1) is 12.5. The van der Waals surface area contributed by atoms with E-state index >= 15 is 0 Å². The second-order valence-electron chi connectivity index (χ2n) is 4.30. The lowest BCUT2D eigenvalue weighted by atomic mass is 10.2. The molecule has 3 rings (SSSR count). The fourth-order valence-corrected chi connectivity index (χ4v) is 3.21. The summed E-state index contributed by atoms with van der Waals surface area (Å²) in [4.78, 5) is 3.99. The van der Waals surface area contributed by atoms with Crippen LogP contribution in [-0.2, 0) is 6.54 Å². The highest BCUT2D eigenvalue weighted by molar-refractivity contribution is 7.71. The predicted molar refractivity (Wildman–Crippen MR) is 75.2 cm³/mol. The number of nitrogens with one attached hydrogen (secondary N) is 1. The molecule has 0 aliphatic carbocycles. The SMILES string of the molecule is Cc1ccsc1Cn1c(=S)[nH]c2ccc(F)c(F)c21. The normalized spacial score (nSPS) is 11.3. The zero-order valence-corrected chi connectivity index (χ0v) is 11.7. The fraction of sp³-hybridized carbons (Fsp3) is 0.154. The Bertz CT molecular complexity index is 814. The third kappa shape index (κ3) is 2.01. The number of benzene rings is 1. The van der Waals surface area contributed by atoms with E-state index in [0.29, 0.717) is 16.8 Å². The standard InChI is InChI=1S/C13H10F2N2S2/c1-7-4-5-19-10(7)6-17-12-9(16-13(17)18)3-2-8(14)11(12)15/h2-5H,6H2,1H3,(H,16,18). The minimum atomic E-state index is -0.863. The Morgan fingerprint density at radius 3 is 2.79 bits per heavy atom. The maximum absolute atomic E-state index is 13.9. The number of hydrogen-bond acceptors (Lipinski definition) is 2. The van der Waals surface area contributed by atoms with Crippen LogP contribution in [0.1, 0.15) is 10.4 Å². The summed E-state index contributed by atoms with van der Waals surface area (Å²) in [6.07, 6.45) is 0. The van der Waals surface area contributed by atoms with Crippen molar-refractivity contribution in [1.29, 1.82) is 0 Å². The van der Waals surface area contributed by atoms with E-state index in [0.717, 1.165) is 16.5 Å². The van der Waals surface area contributed by atoms with Crippen LogP contribution in [0.3, 0.4) is 0 Å². The van der Waals surface area contributed by atoms with E-state index in [1.54, 1.807) is 15.9 Å². The van der Waals surface area contributed by atoms with Crippen molar-refractivity contribution in [3.05, 3.63) is 50.4 Å². The van der Waals surface area contributed by atoms with Gasteiger partial charge in [-0.25, -0.2) is 8.78 Å². The molecular formula is C13H10F2N2S2. The predicted octanol–water partition coefficient (Wildman–Crippen LogP) is 4.40. The van der Waals surface area contributed by atoms with Crippen molar-refractivity contribution in [2.24, 2.45) is 0 Å². The van der Waals surface area contributed by atoms with Crippen molar-refractivity contribution >= 4 is 34.6 Å². The molecule has 2 aromatic heterocycles. The Labute approximate surface area is 117 Å². The van der Waals surface area contributed by atoms with Crippen molar-refractivity contribution in [2.45, 2.75) is 13.5 Å². The summed E-state index contributed by atoms with van der Waals surface area (Å²) in [6, 6.07) is 4.60. The summed E-state index contributed by atoms with van der Waals surface area (Å²) in [5.74, 6) is -1.72. The number of aryl methyl sites for hydroxylation is 1. The van der Waals surface area contributed by atoms with E-state index in [9.17, 15) is 8.78 Å². The highest BCUT2D eigenvalue weighted by atomic mass is 32.1. The molecule has 0 spiro atoms. The third-order valence-electron chi connectivity index (χ3n) is 3.10. The van der Waals surface area contributed by atoms with Crippen LogP contribution >= 0.6 is 23.6 Å². The Balaban J connectivity index is 2.23. The molecule has 0 bridgehead atoms. The van der Waals surface area contributed by atoms with Crippen LogP contribution in [0.4, 0.5) is 8.78 Å². The van der Waals surface area contributed by atoms with Gasteiger partial charge in [-0.3, -0.25) is 0 Å². The first-order valence-electron chi connectivity index (χ1n) is 5.67. The van der Waals surface area contributed by atoms with Gasteiger partial charge in [-0.05, 0) is 48.3 Å². The summed E-state index contributed by atoms with van der Waals surface area (Å²) in [5.41, 5.74) is 1.83. The van der Waals surface area contributed by atoms with Gasteiger partial charge in [0.1, 0.15) is 5.52 Å². The van der Waals surface area contributed by atoms with Crippen LogP contribution in [0.15, 0.2) is 23.6 Å². The first-order chi connectivity index (χ1) is 9.08. The van der Waals surface area contributed by atoms with Gasteiger partial charge in [0.15, 0.2) is 16.4 Å². The summed E-state index contributed by atoms with van der Waals surface area (Å²) < 4.78 is 29.3. The first-order valence-corrected chi connectivity index (χ1v) is 6.96. The number of aromatic amines is 1. The smallest absolute Gasteiger partial charge is 0.184 e. The Morgan fingerprint density at radius 2 is 2.11 bits per heavy atom. The lowest BCUT2D eigenvalue weighted by molar-refractivity contribution is 0.512. The summed E-state index contributed by atoms with van der Waals surface area (Å²) in [5, 5.41) is 1.97. The van der Waals surface area contributed by atoms with Crippen LogP contribution in [0, 0.1) is 23.3 Å². The van der Waals surface area contributed by atoms with Gasteiger partial charge in [-0.2, -0.15) is 0 Å². The number of aromatic nitrogens is 2. The van der Waals surface area contributed by atoms with Crippen LogP contribution in [0.5, 0.6) is 0 Å². The minimum absolute atomic E-state index is 0.192. The Hall–Kier alpha value is -1.53. The van der Waals surface area contributed by atoms with Gasteiger partial charge in [0.05, 0.1) is 12.1 Å². The third-order valence-corrected chi connectivity index (χ3v) is 4.43. The zero-order chi connectivity index (χ0) is 13.6. The number of halogens is 2. The number of hydrogen-bond donors (Lipinski definition) is 1. The molecule has 3 aromatic rings. The van der Waals surface area contributed by atoms with Crippen LogP contribution in [0.2, 0.25) is 0 Å². The van der Waals surface area contributed by atoms with Crippen molar-refractivity contribution in [1.82, 2.24) is 9.55 Å². The Kier molecular flexibility index (Phi) is 2.99. The average molecular weight is 296 g/mol. The molecule has 1 N–H and O–H groups in total. The van der Waals surface area contributed by atoms with E-state index in [1.165, 1.54) is 6.07 Å². The molecular weight excluding hydrogens is 286 g/mol. The van der Waals surface area contributed by atoms with Crippen molar-refractivity contribution < 1.29 is 8.78 Å². The zero-order valence-electron chi connectivity index (χ0n) is 10.0. The monoisotopic (exact) mass is 296 g/mol. The molecule has 0 saturated carbocycles. The van der Waals surface area contributed by atoms with Gasteiger partial charge in [-0.1, -0.05) is 0 Å². The van der Waals surface area contributed by atoms with Crippen molar-refractivity contribution in [3.63, 3.8) is 0 Å². The second-order valence-corrected chi connectivity index (χ2v) is 5.69. The lowest BCUT2D eigenvalue weighted by Gasteiger charge is -2.05. The van der Waals surface area contributed by atoms with Gasteiger partial charge in [0.2, 0.25) is 0 Å². The maximum Gasteiger partial charge on any atom is 0.184 e. The number of fused-ring (bicyclic) bond motifs is 1. The molecule has 2 heterocycles. The number of nitrogens with zero attached hydrogens (tertiary/aromatic N) is 1. The fourth-order valence-electron chi connectivity index (χ4n) is 2.05. The van der Waals surface area contributed by atoms with Crippen LogP contribution in [-0.4, -0.2) is 9.55 Å². The number of H-pyrrole nitrogens is 1. The quantitative estimate of drug-likeness (QED) is 0.695.